The fraction of sp³-hybridized carbons (Fsp3) is 0.222. The molecule has 4 N–H and O–H groups in total. The number of aromatic amines is 1. The van der Waals surface area contributed by atoms with E-state index in [1.54, 1.807) is 0 Å². The molecule has 1 aromatic heterocycles. The molecule has 0 aliphatic heterocycles. The van der Waals surface area contributed by atoms with Crippen LogP contribution in [0.1, 0.15) is 11.1 Å². The number of nitrogens with two attached hydrogens (primary N) is 1. The van der Waals surface area contributed by atoms with Gasteiger partial charge in [0.25, 0.3) is 15.8 Å². The average molecular weight is 495 g/mol. The van der Waals surface area contributed by atoms with Crippen LogP contribution in [0, 0.1) is 0 Å². The van der Waals surface area contributed by atoms with Gasteiger partial charge in [0.05, 0.1) is 30.9 Å². The summed E-state index contributed by atoms with van der Waals surface area (Å²) in [7, 11) is -1.44. The molecule has 0 saturated heterocycles. The lowest BCUT2D eigenvalue weighted by molar-refractivity contribution is -0.138. The number of rotatable bonds is 6. The number of alkyl halides is 3. The van der Waals surface area contributed by atoms with Gasteiger partial charge < -0.3 is 9.47 Å². The van der Waals surface area contributed by atoms with Crippen LogP contribution in [0.5, 0.6) is 11.5 Å². The lowest BCUT2D eigenvalue weighted by Crippen LogP contribution is -2.31. The Labute approximate surface area is 186 Å². The maximum atomic E-state index is 13.6. The average Bonchev–Trinajstić information content (AvgIpc) is 2.70. The van der Waals surface area contributed by atoms with Crippen LogP contribution in [0.25, 0.3) is 22.0 Å². The number of nitrogens with one attached hydrogen (secondary N) is 2. The Morgan fingerprint density at radius 2 is 1.69 bits per heavy atom. The number of benzene rings is 2. The molecule has 0 atom stereocenters. The van der Waals surface area contributed by atoms with Gasteiger partial charge in [0.15, 0.2) is 11.5 Å². The van der Waals surface area contributed by atoms with Crippen LogP contribution in [0.4, 0.5) is 13.2 Å². The molecule has 0 bridgehead atoms. The summed E-state index contributed by atoms with van der Waals surface area (Å²) in [6.45, 7) is -0.654. The van der Waals surface area contributed by atoms with E-state index in [0.29, 0.717) is 0 Å². The van der Waals surface area contributed by atoms with Crippen LogP contribution in [0.2, 0.25) is 0 Å². The Hall–Kier alpha value is -2.87. The summed E-state index contributed by atoms with van der Waals surface area (Å²) in [4.78, 5) is 12.2. The first kappa shape index (κ1) is 25.4. The van der Waals surface area contributed by atoms with Crippen molar-refractivity contribution < 1.29 is 31.1 Å². The van der Waals surface area contributed by atoms with Gasteiger partial charge in [-0.25, -0.2) is 10.2 Å². The summed E-state index contributed by atoms with van der Waals surface area (Å²) < 4.78 is 75.2. The number of methoxy groups -OCH3 is 2. The minimum Gasteiger partial charge on any atom is -0.493 e. The Kier molecular flexibility index (Phi) is 7.40. The van der Waals surface area contributed by atoms with Gasteiger partial charge in [-0.1, -0.05) is 12.1 Å². The largest absolute Gasteiger partial charge is 0.493 e. The van der Waals surface area contributed by atoms with Crippen molar-refractivity contribution in [1.82, 2.24) is 14.9 Å². The Balaban J connectivity index is 0.00000363. The van der Waals surface area contributed by atoms with Gasteiger partial charge in [-0.2, -0.15) is 31.4 Å². The number of hydrogen-bond donors (Lipinski definition) is 3. The van der Waals surface area contributed by atoms with E-state index in [9.17, 15) is 26.4 Å². The molecule has 0 unspecified atom stereocenters. The minimum absolute atomic E-state index is 0. The summed E-state index contributed by atoms with van der Waals surface area (Å²) in [6.07, 6.45) is -4.79. The van der Waals surface area contributed by atoms with Crippen molar-refractivity contribution in [2.75, 3.05) is 14.2 Å². The van der Waals surface area contributed by atoms with E-state index < -0.39 is 34.1 Å². The van der Waals surface area contributed by atoms with Gasteiger partial charge >= 0.3 is 6.18 Å². The van der Waals surface area contributed by atoms with Crippen molar-refractivity contribution >= 4 is 33.4 Å². The monoisotopic (exact) mass is 494 g/mol. The molecule has 0 aliphatic rings. The maximum absolute atomic E-state index is 13.6. The molecule has 9 nitrogen and oxygen atoms in total. The second kappa shape index (κ2) is 9.32. The summed E-state index contributed by atoms with van der Waals surface area (Å²) >= 11 is 0. The highest BCUT2D eigenvalue weighted by molar-refractivity contribution is 7.87. The van der Waals surface area contributed by atoms with Crippen LogP contribution in [-0.2, 0) is 22.9 Å². The summed E-state index contributed by atoms with van der Waals surface area (Å²) in [5.74, 6) is 0.520. The number of nitrogens with zero attached hydrogens (tertiary/aromatic N) is 1. The number of fused-ring (bicyclic) bond motifs is 1. The van der Waals surface area contributed by atoms with Crippen molar-refractivity contribution in [3.05, 3.63) is 51.8 Å². The molecule has 0 aliphatic carbocycles. The SMILES string of the molecule is COc1cc2c(-c3ccc(CNS(N)(=O)=O)c(C(F)(F)F)c3)n[nH]c(=O)c2cc1OC.Cl. The van der Waals surface area contributed by atoms with E-state index in [-0.39, 0.29) is 51.5 Å². The van der Waals surface area contributed by atoms with Crippen LogP contribution < -0.4 is 24.9 Å². The van der Waals surface area contributed by atoms with Gasteiger partial charge in [-0.3, -0.25) is 4.79 Å². The molecule has 3 aromatic rings. The van der Waals surface area contributed by atoms with Crippen molar-refractivity contribution in [1.29, 1.82) is 0 Å². The molecule has 0 amide bonds. The predicted molar refractivity (Wildman–Crippen MR) is 113 cm³/mol. The quantitative estimate of drug-likeness (QED) is 0.481. The third-order valence-electron chi connectivity index (χ3n) is 4.45. The van der Waals surface area contributed by atoms with Crippen molar-refractivity contribution in [3.63, 3.8) is 0 Å². The van der Waals surface area contributed by atoms with Gasteiger partial charge in [-0.05, 0) is 23.8 Å². The first-order valence-corrected chi connectivity index (χ1v) is 10.1. The maximum Gasteiger partial charge on any atom is 0.416 e. The van der Waals surface area contributed by atoms with E-state index in [1.165, 1.54) is 32.4 Å². The second-order valence-corrected chi connectivity index (χ2v) is 7.77. The van der Waals surface area contributed by atoms with E-state index in [4.69, 9.17) is 14.6 Å². The van der Waals surface area contributed by atoms with E-state index >= 15 is 0 Å². The molecule has 0 fully saturated rings. The molecule has 14 heteroatoms. The Bertz CT molecular complexity index is 1310. The number of H-pyrrole nitrogens is 1. The topological polar surface area (TPSA) is 136 Å². The zero-order valence-electron chi connectivity index (χ0n) is 16.6. The number of hydrogen-bond acceptors (Lipinski definition) is 6. The summed E-state index contributed by atoms with van der Waals surface area (Å²) in [5, 5.41) is 11.4. The van der Waals surface area contributed by atoms with Crippen LogP contribution >= 0.6 is 12.4 Å². The molecule has 2 aromatic carbocycles. The summed E-state index contributed by atoms with van der Waals surface area (Å²) in [6, 6.07) is 6.08. The minimum atomic E-state index is -4.79. The zero-order chi connectivity index (χ0) is 23.0. The van der Waals surface area contributed by atoms with Gasteiger partial charge in [0.2, 0.25) is 0 Å². The molecule has 1 heterocycles. The van der Waals surface area contributed by atoms with E-state index in [1.807, 2.05) is 4.72 Å². The number of ether oxygens (including phenoxy) is 2. The fourth-order valence-corrected chi connectivity index (χ4v) is 3.39. The highest BCUT2D eigenvalue weighted by Crippen LogP contribution is 2.38. The van der Waals surface area contributed by atoms with Crippen molar-refractivity contribution in [3.8, 4) is 22.8 Å². The van der Waals surface area contributed by atoms with Crippen molar-refractivity contribution in [2.45, 2.75) is 12.7 Å². The standard InChI is InChI=1S/C18H17F3N4O5S.ClH/c1-29-14-6-11-12(7-15(14)30-2)17(26)25-24-16(11)9-3-4-10(8-23-31(22,27)28)13(5-9)18(19,20)21;/h3-7,23H,8H2,1-2H3,(H,25,26)(H2,22,27,28);1H. The van der Waals surface area contributed by atoms with Crippen LogP contribution in [0.3, 0.4) is 0 Å². The van der Waals surface area contributed by atoms with Gasteiger partial charge in [0, 0.05) is 17.5 Å². The fourth-order valence-electron chi connectivity index (χ4n) is 3.03. The van der Waals surface area contributed by atoms with Crippen LogP contribution in [-0.4, -0.2) is 32.8 Å². The molecular weight excluding hydrogens is 477 g/mol. The lowest BCUT2D eigenvalue weighted by atomic mass is 9.99. The molecule has 174 valence electrons. The Morgan fingerprint density at radius 3 is 2.22 bits per heavy atom. The molecule has 0 radical (unpaired) electrons. The van der Waals surface area contributed by atoms with Crippen molar-refractivity contribution in [2.24, 2.45) is 5.14 Å². The third kappa shape index (κ3) is 5.30. The third-order valence-corrected chi connectivity index (χ3v) is 4.99. The Morgan fingerprint density at radius 1 is 1.09 bits per heavy atom. The van der Waals surface area contributed by atoms with Gasteiger partial charge in [-0.15, -0.1) is 12.4 Å². The number of aromatic nitrogens is 2. The first-order valence-electron chi connectivity index (χ1n) is 8.57. The molecule has 32 heavy (non-hydrogen) atoms. The van der Waals surface area contributed by atoms with E-state index in [2.05, 4.69) is 10.2 Å². The lowest BCUT2D eigenvalue weighted by Gasteiger charge is -2.16. The molecule has 0 spiro atoms. The first-order chi connectivity index (χ1) is 14.4. The smallest absolute Gasteiger partial charge is 0.416 e. The molecular formula is C18H18ClF3N4O5S. The van der Waals surface area contributed by atoms with E-state index in [0.717, 1.165) is 12.1 Å². The normalized spacial score (nSPS) is 11.8. The molecule has 0 saturated carbocycles. The zero-order valence-corrected chi connectivity index (χ0v) is 18.2. The number of halogens is 4. The summed E-state index contributed by atoms with van der Waals surface area (Å²) in [5.41, 5.74) is -1.88. The molecule has 3 rings (SSSR count). The highest BCUT2D eigenvalue weighted by Gasteiger charge is 2.34. The predicted octanol–water partition coefficient (Wildman–Crippen LogP) is 2.34. The second-order valence-electron chi connectivity index (χ2n) is 6.39. The van der Waals surface area contributed by atoms with Crippen LogP contribution in [0.15, 0.2) is 35.1 Å². The highest BCUT2D eigenvalue weighted by atomic mass is 35.5. The van der Waals surface area contributed by atoms with Gasteiger partial charge in [0.1, 0.15) is 0 Å².